The molecular formula is C12H18N4O2. The first-order chi connectivity index (χ1) is 8.58. The van der Waals surface area contributed by atoms with E-state index in [1.165, 1.54) is 4.90 Å². The molecule has 6 nitrogen and oxygen atoms in total. The van der Waals surface area contributed by atoms with Gasteiger partial charge >= 0.3 is 6.09 Å². The molecule has 1 amide bonds. The second-order valence-electron chi connectivity index (χ2n) is 4.59. The summed E-state index contributed by atoms with van der Waals surface area (Å²) in [5, 5.41) is 9.00. The molecule has 3 N–H and O–H groups in total. The highest BCUT2D eigenvalue weighted by molar-refractivity contribution is 5.65. The Balaban J connectivity index is 2.06. The number of amides is 1. The van der Waals surface area contributed by atoms with Crippen LogP contribution in [0.3, 0.4) is 0 Å². The first-order valence-electron chi connectivity index (χ1n) is 6.00. The van der Waals surface area contributed by atoms with Crippen molar-refractivity contribution < 1.29 is 9.90 Å². The largest absolute Gasteiger partial charge is 0.465 e. The summed E-state index contributed by atoms with van der Waals surface area (Å²) in [6.45, 7) is 1.58. The van der Waals surface area contributed by atoms with Crippen molar-refractivity contribution in [1.29, 1.82) is 0 Å². The first kappa shape index (κ1) is 12.5. The number of anilines is 2. The van der Waals surface area contributed by atoms with E-state index in [0.717, 1.165) is 25.2 Å². The normalized spacial score (nSPS) is 19.6. The monoisotopic (exact) mass is 250 g/mol. The van der Waals surface area contributed by atoms with Crippen molar-refractivity contribution in [2.75, 3.05) is 30.8 Å². The molecule has 1 unspecified atom stereocenters. The molecule has 0 aliphatic carbocycles. The van der Waals surface area contributed by atoms with Crippen LogP contribution >= 0.6 is 0 Å². The number of carboxylic acid groups (broad SMARTS) is 1. The van der Waals surface area contributed by atoms with E-state index in [1.807, 2.05) is 12.1 Å². The SMILES string of the molecule is CN(C(=O)O)C1CCCN(c2ccc(N)cn2)C1. The molecule has 1 aliphatic rings. The van der Waals surface area contributed by atoms with Gasteiger partial charge in [-0.1, -0.05) is 0 Å². The van der Waals surface area contributed by atoms with E-state index in [4.69, 9.17) is 10.8 Å². The summed E-state index contributed by atoms with van der Waals surface area (Å²) < 4.78 is 0. The molecule has 6 heteroatoms. The minimum absolute atomic E-state index is 0.0237. The van der Waals surface area contributed by atoms with Gasteiger partial charge < -0.3 is 20.6 Å². The molecule has 0 spiro atoms. The van der Waals surface area contributed by atoms with Gasteiger partial charge in [-0.15, -0.1) is 0 Å². The van der Waals surface area contributed by atoms with Crippen LogP contribution in [-0.2, 0) is 0 Å². The smallest absolute Gasteiger partial charge is 0.407 e. The lowest BCUT2D eigenvalue weighted by Crippen LogP contribution is -2.48. The van der Waals surface area contributed by atoms with Crippen LogP contribution < -0.4 is 10.6 Å². The highest BCUT2D eigenvalue weighted by Crippen LogP contribution is 2.20. The zero-order valence-electron chi connectivity index (χ0n) is 10.4. The number of aromatic nitrogens is 1. The lowest BCUT2D eigenvalue weighted by molar-refractivity contribution is 0.133. The van der Waals surface area contributed by atoms with Gasteiger partial charge in [-0.25, -0.2) is 9.78 Å². The van der Waals surface area contributed by atoms with Crippen molar-refractivity contribution in [3.05, 3.63) is 18.3 Å². The van der Waals surface area contributed by atoms with Crippen molar-refractivity contribution in [2.24, 2.45) is 0 Å². The number of hydrogen-bond acceptors (Lipinski definition) is 4. The van der Waals surface area contributed by atoms with Gasteiger partial charge in [-0.2, -0.15) is 0 Å². The maximum Gasteiger partial charge on any atom is 0.407 e. The van der Waals surface area contributed by atoms with E-state index >= 15 is 0 Å². The molecule has 0 saturated carbocycles. The van der Waals surface area contributed by atoms with Crippen molar-refractivity contribution in [2.45, 2.75) is 18.9 Å². The Morgan fingerprint density at radius 2 is 2.39 bits per heavy atom. The Hall–Kier alpha value is -1.98. The molecule has 1 atom stereocenters. The van der Waals surface area contributed by atoms with Gasteiger partial charge in [0.25, 0.3) is 0 Å². The first-order valence-corrected chi connectivity index (χ1v) is 6.00. The fourth-order valence-corrected chi connectivity index (χ4v) is 2.22. The summed E-state index contributed by atoms with van der Waals surface area (Å²) in [5.41, 5.74) is 6.24. The Kier molecular flexibility index (Phi) is 3.55. The average molecular weight is 250 g/mol. The number of rotatable bonds is 2. The lowest BCUT2D eigenvalue weighted by atomic mass is 10.0. The highest BCUT2D eigenvalue weighted by atomic mass is 16.4. The van der Waals surface area contributed by atoms with E-state index in [0.29, 0.717) is 12.2 Å². The van der Waals surface area contributed by atoms with E-state index in [2.05, 4.69) is 9.88 Å². The minimum Gasteiger partial charge on any atom is -0.465 e. The third-order valence-corrected chi connectivity index (χ3v) is 3.34. The predicted molar refractivity (Wildman–Crippen MR) is 69.7 cm³/mol. The molecule has 98 valence electrons. The third-order valence-electron chi connectivity index (χ3n) is 3.34. The Morgan fingerprint density at radius 1 is 1.61 bits per heavy atom. The van der Waals surface area contributed by atoms with Crippen LogP contribution in [0.4, 0.5) is 16.3 Å². The molecule has 0 radical (unpaired) electrons. The number of nitrogens with two attached hydrogens (primary N) is 1. The summed E-state index contributed by atoms with van der Waals surface area (Å²) in [4.78, 5) is 18.7. The Labute approximate surface area is 106 Å². The average Bonchev–Trinajstić information content (AvgIpc) is 2.38. The number of carbonyl (C=O) groups is 1. The molecule has 1 fully saturated rings. The Bertz CT molecular complexity index is 421. The number of piperidine rings is 1. The van der Waals surface area contributed by atoms with Gasteiger partial charge in [-0.3, -0.25) is 0 Å². The summed E-state index contributed by atoms with van der Waals surface area (Å²) in [6, 6.07) is 3.71. The van der Waals surface area contributed by atoms with Crippen LogP contribution in [0.25, 0.3) is 0 Å². The van der Waals surface area contributed by atoms with Gasteiger partial charge in [0.1, 0.15) is 5.82 Å². The van der Waals surface area contributed by atoms with Crippen LogP contribution in [0.5, 0.6) is 0 Å². The molecule has 18 heavy (non-hydrogen) atoms. The number of likely N-dealkylation sites (N-methyl/N-ethyl adjacent to an activating group) is 1. The number of nitrogens with zero attached hydrogens (tertiary/aromatic N) is 3. The minimum atomic E-state index is -0.882. The predicted octanol–water partition coefficient (Wildman–Crippen LogP) is 1.24. The van der Waals surface area contributed by atoms with Crippen LogP contribution in [0, 0.1) is 0 Å². The van der Waals surface area contributed by atoms with Crippen LogP contribution in [-0.4, -0.2) is 47.3 Å². The topological polar surface area (TPSA) is 82.7 Å². The maximum absolute atomic E-state index is 11.0. The summed E-state index contributed by atoms with van der Waals surface area (Å²) in [7, 11) is 1.62. The zero-order valence-corrected chi connectivity index (χ0v) is 10.4. The lowest BCUT2D eigenvalue weighted by Gasteiger charge is -2.37. The molecule has 1 aliphatic heterocycles. The summed E-state index contributed by atoms with van der Waals surface area (Å²) in [5.74, 6) is 0.854. The van der Waals surface area contributed by atoms with Gasteiger partial charge in [0.05, 0.1) is 17.9 Å². The number of hydrogen-bond donors (Lipinski definition) is 2. The Morgan fingerprint density at radius 3 is 3.00 bits per heavy atom. The fourth-order valence-electron chi connectivity index (χ4n) is 2.22. The third kappa shape index (κ3) is 2.64. The quantitative estimate of drug-likeness (QED) is 0.825. The molecule has 1 saturated heterocycles. The van der Waals surface area contributed by atoms with Crippen LogP contribution in [0.15, 0.2) is 18.3 Å². The van der Waals surface area contributed by atoms with Crippen LogP contribution in [0.2, 0.25) is 0 Å². The van der Waals surface area contributed by atoms with E-state index in [1.54, 1.807) is 13.2 Å². The summed E-state index contributed by atoms with van der Waals surface area (Å²) in [6.07, 6.45) is 2.61. The van der Waals surface area contributed by atoms with Crippen molar-refractivity contribution >= 4 is 17.6 Å². The van der Waals surface area contributed by atoms with Gasteiger partial charge in [0, 0.05) is 20.1 Å². The van der Waals surface area contributed by atoms with E-state index < -0.39 is 6.09 Å². The standard InChI is InChI=1S/C12H18N4O2/c1-15(12(17)18)10-3-2-6-16(8-10)11-5-4-9(13)7-14-11/h4-5,7,10H,2-3,6,8,13H2,1H3,(H,17,18). The maximum atomic E-state index is 11.0. The number of nitrogen functional groups attached to an aromatic ring is 1. The number of pyridine rings is 1. The summed E-state index contributed by atoms with van der Waals surface area (Å²) >= 11 is 0. The molecule has 0 bridgehead atoms. The van der Waals surface area contributed by atoms with Crippen LogP contribution in [0.1, 0.15) is 12.8 Å². The molecule has 1 aromatic rings. The van der Waals surface area contributed by atoms with Crippen molar-refractivity contribution in [1.82, 2.24) is 9.88 Å². The fraction of sp³-hybridized carbons (Fsp3) is 0.500. The molecule has 2 rings (SSSR count). The second kappa shape index (κ2) is 5.12. The highest BCUT2D eigenvalue weighted by Gasteiger charge is 2.26. The van der Waals surface area contributed by atoms with Crippen molar-refractivity contribution in [3.63, 3.8) is 0 Å². The van der Waals surface area contributed by atoms with Gasteiger partial charge in [0.15, 0.2) is 0 Å². The van der Waals surface area contributed by atoms with E-state index in [-0.39, 0.29) is 6.04 Å². The molecule has 2 heterocycles. The van der Waals surface area contributed by atoms with E-state index in [9.17, 15) is 4.79 Å². The molecule has 1 aromatic heterocycles. The van der Waals surface area contributed by atoms with Gasteiger partial charge in [-0.05, 0) is 25.0 Å². The van der Waals surface area contributed by atoms with Crippen molar-refractivity contribution in [3.8, 4) is 0 Å². The van der Waals surface area contributed by atoms with Gasteiger partial charge in [0.2, 0.25) is 0 Å². The second-order valence-corrected chi connectivity index (χ2v) is 4.59. The molecular weight excluding hydrogens is 232 g/mol. The molecule has 0 aromatic carbocycles. The zero-order chi connectivity index (χ0) is 13.1.